The maximum absolute atomic E-state index is 9.56. The van der Waals surface area contributed by atoms with Gasteiger partial charge in [0.1, 0.15) is 0 Å². The van der Waals surface area contributed by atoms with E-state index in [1.54, 1.807) is 12.1 Å². The van der Waals surface area contributed by atoms with Crippen molar-refractivity contribution >= 4 is 5.71 Å². The number of nitrogens with zero attached hydrogens (tertiary/aromatic N) is 3. The Balaban J connectivity index is 2.02. The third kappa shape index (κ3) is 3.55. The van der Waals surface area contributed by atoms with Gasteiger partial charge in [0, 0.05) is 11.1 Å². The van der Waals surface area contributed by atoms with Gasteiger partial charge in [0.05, 0.1) is 21.3 Å². The molecule has 0 amide bonds. The third-order valence-electron chi connectivity index (χ3n) is 3.97. The van der Waals surface area contributed by atoms with Crippen molar-refractivity contribution in [3.05, 3.63) is 53.3 Å². The Hall–Kier alpha value is -3.55. The summed E-state index contributed by atoms with van der Waals surface area (Å²) in [6, 6.07) is 10.9. The number of oxime groups is 1. The minimum absolute atomic E-state index is 0.108. The van der Waals surface area contributed by atoms with Gasteiger partial charge in [-0.15, -0.1) is 0 Å². The average molecular weight is 369 g/mol. The van der Waals surface area contributed by atoms with Crippen LogP contribution in [0.5, 0.6) is 17.2 Å². The minimum atomic E-state index is 0.108. The molecule has 0 radical (unpaired) electrons. The fraction of sp³-hybridized carbons (Fsp3) is 0.211. The Kier molecular flexibility index (Phi) is 5.25. The normalized spacial score (nSPS) is 11.3. The van der Waals surface area contributed by atoms with E-state index in [0.29, 0.717) is 28.7 Å². The summed E-state index contributed by atoms with van der Waals surface area (Å²) in [5.41, 5.74) is 2.47. The number of benzene rings is 2. The highest BCUT2D eigenvalue weighted by Gasteiger charge is 2.21. The van der Waals surface area contributed by atoms with Crippen LogP contribution in [-0.2, 0) is 0 Å². The lowest BCUT2D eigenvalue weighted by Gasteiger charge is -2.13. The maximum Gasteiger partial charge on any atom is 0.258 e. The number of aryl methyl sites for hydroxylation is 1. The van der Waals surface area contributed by atoms with E-state index in [9.17, 15) is 5.21 Å². The van der Waals surface area contributed by atoms with Gasteiger partial charge < -0.3 is 23.9 Å². The topological polar surface area (TPSA) is 99.2 Å². The van der Waals surface area contributed by atoms with Crippen molar-refractivity contribution in [2.24, 2.45) is 5.16 Å². The summed E-state index contributed by atoms with van der Waals surface area (Å²) >= 11 is 0. The molecular formula is C19H19N3O5. The van der Waals surface area contributed by atoms with Gasteiger partial charge in [-0.05, 0) is 31.2 Å². The van der Waals surface area contributed by atoms with Crippen molar-refractivity contribution in [1.82, 2.24) is 10.1 Å². The fourth-order valence-electron chi connectivity index (χ4n) is 2.58. The molecule has 0 aliphatic heterocycles. The van der Waals surface area contributed by atoms with Crippen LogP contribution in [0.2, 0.25) is 0 Å². The molecule has 3 rings (SSSR count). The second-order valence-electron chi connectivity index (χ2n) is 5.65. The lowest BCUT2D eigenvalue weighted by Crippen LogP contribution is -2.07. The van der Waals surface area contributed by atoms with E-state index in [2.05, 4.69) is 15.3 Å². The maximum atomic E-state index is 9.56. The lowest BCUT2D eigenvalue weighted by molar-refractivity contribution is 0.318. The summed E-state index contributed by atoms with van der Waals surface area (Å²) in [6.07, 6.45) is 0. The molecule has 1 heterocycles. The number of aromatic nitrogens is 2. The molecule has 0 saturated heterocycles. The summed E-state index contributed by atoms with van der Waals surface area (Å²) in [5.74, 6) is 1.70. The molecular weight excluding hydrogens is 350 g/mol. The quantitative estimate of drug-likeness (QED) is 0.404. The molecule has 0 saturated carbocycles. The van der Waals surface area contributed by atoms with Gasteiger partial charge in [0.25, 0.3) is 5.89 Å². The van der Waals surface area contributed by atoms with Gasteiger partial charge in [-0.3, -0.25) is 0 Å². The van der Waals surface area contributed by atoms with E-state index >= 15 is 0 Å². The molecule has 0 unspecified atom stereocenters. The van der Waals surface area contributed by atoms with E-state index in [1.165, 1.54) is 21.3 Å². The Bertz CT molecular complexity index is 939. The van der Waals surface area contributed by atoms with Crippen LogP contribution < -0.4 is 14.2 Å². The van der Waals surface area contributed by atoms with Gasteiger partial charge in [-0.2, -0.15) is 4.98 Å². The molecule has 0 aliphatic carbocycles. The molecule has 8 nitrogen and oxygen atoms in total. The van der Waals surface area contributed by atoms with Gasteiger partial charge in [-0.1, -0.05) is 28.0 Å². The standard InChI is InChI=1S/C19H19N3O5/c1-11-5-7-12(8-6-11)19-20-18(22-27-19)16(21-23)13-9-14(24-2)17(26-4)15(10-13)25-3/h5-10,23H,1-4H3. The predicted octanol–water partition coefficient (Wildman–Crippen LogP) is 3.30. The van der Waals surface area contributed by atoms with Crippen molar-refractivity contribution in [3.8, 4) is 28.7 Å². The highest BCUT2D eigenvalue weighted by atomic mass is 16.5. The molecule has 2 aromatic carbocycles. The van der Waals surface area contributed by atoms with Crippen LogP contribution in [0.25, 0.3) is 11.5 Å². The van der Waals surface area contributed by atoms with Crippen molar-refractivity contribution < 1.29 is 23.9 Å². The Morgan fingerprint density at radius 1 is 1.00 bits per heavy atom. The zero-order chi connectivity index (χ0) is 19.4. The number of hydrogen-bond acceptors (Lipinski definition) is 8. The van der Waals surface area contributed by atoms with E-state index in [0.717, 1.165) is 11.1 Å². The smallest absolute Gasteiger partial charge is 0.258 e. The monoisotopic (exact) mass is 369 g/mol. The highest BCUT2D eigenvalue weighted by molar-refractivity contribution is 6.11. The second kappa shape index (κ2) is 7.77. The molecule has 1 aromatic heterocycles. The van der Waals surface area contributed by atoms with Crippen molar-refractivity contribution in [2.75, 3.05) is 21.3 Å². The number of ether oxygens (including phenoxy) is 3. The first-order valence-corrected chi connectivity index (χ1v) is 8.04. The van der Waals surface area contributed by atoms with Crippen LogP contribution in [0.3, 0.4) is 0 Å². The molecule has 0 atom stereocenters. The van der Waals surface area contributed by atoms with Crippen molar-refractivity contribution in [1.29, 1.82) is 0 Å². The van der Waals surface area contributed by atoms with Crippen molar-refractivity contribution in [3.63, 3.8) is 0 Å². The summed E-state index contributed by atoms with van der Waals surface area (Å²) in [5, 5.41) is 16.8. The summed E-state index contributed by atoms with van der Waals surface area (Å²) in [6.45, 7) is 1.99. The number of rotatable bonds is 6. The Morgan fingerprint density at radius 3 is 2.15 bits per heavy atom. The van der Waals surface area contributed by atoms with Crippen LogP contribution in [0.1, 0.15) is 17.0 Å². The number of hydrogen-bond donors (Lipinski definition) is 1. The Morgan fingerprint density at radius 2 is 1.63 bits per heavy atom. The van der Waals surface area contributed by atoms with Crippen LogP contribution in [0.15, 0.2) is 46.1 Å². The van der Waals surface area contributed by atoms with E-state index in [4.69, 9.17) is 18.7 Å². The van der Waals surface area contributed by atoms with Crippen molar-refractivity contribution in [2.45, 2.75) is 6.92 Å². The first-order chi connectivity index (χ1) is 13.1. The first kappa shape index (κ1) is 18.2. The predicted molar refractivity (Wildman–Crippen MR) is 98.0 cm³/mol. The highest BCUT2D eigenvalue weighted by Crippen LogP contribution is 2.38. The van der Waals surface area contributed by atoms with Gasteiger partial charge >= 0.3 is 0 Å². The summed E-state index contributed by atoms with van der Waals surface area (Å²) in [4.78, 5) is 4.33. The van der Waals surface area contributed by atoms with E-state index in [1.807, 2.05) is 31.2 Å². The van der Waals surface area contributed by atoms with E-state index < -0.39 is 0 Å². The second-order valence-corrected chi connectivity index (χ2v) is 5.65. The van der Waals surface area contributed by atoms with Crippen LogP contribution in [0.4, 0.5) is 0 Å². The molecule has 3 aromatic rings. The summed E-state index contributed by atoms with van der Waals surface area (Å²) < 4.78 is 21.3. The van der Waals surface area contributed by atoms with Gasteiger partial charge in [0.15, 0.2) is 17.2 Å². The first-order valence-electron chi connectivity index (χ1n) is 8.04. The zero-order valence-electron chi connectivity index (χ0n) is 15.4. The largest absolute Gasteiger partial charge is 0.493 e. The molecule has 140 valence electrons. The fourth-order valence-corrected chi connectivity index (χ4v) is 2.58. The average Bonchev–Trinajstić information content (AvgIpc) is 3.18. The lowest BCUT2D eigenvalue weighted by atomic mass is 10.1. The molecule has 0 fully saturated rings. The molecule has 0 bridgehead atoms. The molecule has 0 aliphatic rings. The molecule has 27 heavy (non-hydrogen) atoms. The molecule has 8 heteroatoms. The van der Waals surface area contributed by atoms with Gasteiger partial charge in [0.2, 0.25) is 11.6 Å². The SMILES string of the molecule is COc1cc(C(=NO)c2noc(-c3ccc(C)cc3)n2)cc(OC)c1OC. The van der Waals surface area contributed by atoms with Crippen LogP contribution in [-0.4, -0.2) is 42.4 Å². The van der Waals surface area contributed by atoms with E-state index in [-0.39, 0.29) is 11.5 Å². The van der Waals surface area contributed by atoms with Crippen LogP contribution >= 0.6 is 0 Å². The summed E-state index contributed by atoms with van der Waals surface area (Å²) in [7, 11) is 4.51. The Labute approximate surface area is 156 Å². The zero-order valence-corrected chi connectivity index (χ0v) is 15.4. The van der Waals surface area contributed by atoms with Crippen LogP contribution in [0, 0.1) is 6.92 Å². The van der Waals surface area contributed by atoms with Gasteiger partial charge in [-0.25, -0.2) is 0 Å². The molecule has 0 spiro atoms. The number of methoxy groups -OCH3 is 3. The minimum Gasteiger partial charge on any atom is -0.493 e. The molecule has 1 N–H and O–H groups in total. The third-order valence-corrected chi connectivity index (χ3v) is 3.97.